The van der Waals surface area contributed by atoms with Gasteiger partial charge in [0.25, 0.3) is 0 Å². The Bertz CT molecular complexity index is 249. The van der Waals surface area contributed by atoms with Crippen molar-refractivity contribution in [1.82, 2.24) is 10.6 Å². The van der Waals surface area contributed by atoms with E-state index in [1.54, 1.807) is 0 Å². The molecule has 0 atom stereocenters. The first-order chi connectivity index (χ1) is 7.85. The monoisotopic (exact) mass is 262 g/mol. The van der Waals surface area contributed by atoms with Crippen molar-refractivity contribution in [2.24, 2.45) is 0 Å². The van der Waals surface area contributed by atoms with Crippen molar-refractivity contribution in [2.45, 2.75) is 52.0 Å². The van der Waals surface area contributed by atoms with E-state index in [0.717, 1.165) is 12.8 Å². The van der Waals surface area contributed by atoms with Crippen LogP contribution in [0.4, 0.5) is 0 Å². The predicted molar refractivity (Wildman–Crippen MR) is 70.1 cm³/mol. The van der Waals surface area contributed by atoms with E-state index in [1.807, 2.05) is 20.8 Å². The van der Waals surface area contributed by atoms with E-state index in [9.17, 15) is 9.59 Å². The fraction of sp³-hybridized carbons (Fsp3) is 0.833. The van der Waals surface area contributed by atoms with Gasteiger partial charge in [-0.05, 0) is 33.6 Å². The number of alkyl halides is 1. The first-order valence-corrected chi connectivity index (χ1v) is 6.52. The summed E-state index contributed by atoms with van der Waals surface area (Å²) >= 11 is 5.51. The van der Waals surface area contributed by atoms with Crippen LogP contribution in [0.15, 0.2) is 0 Å². The number of carbonyl (C=O) groups excluding carboxylic acids is 2. The predicted octanol–water partition coefficient (Wildman–Crippen LogP) is 1.82. The van der Waals surface area contributed by atoms with E-state index >= 15 is 0 Å². The minimum absolute atomic E-state index is 0.0151. The molecule has 0 bridgehead atoms. The number of halogens is 1. The van der Waals surface area contributed by atoms with Crippen LogP contribution < -0.4 is 10.6 Å². The van der Waals surface area contributed by atoms with E-state index in [-0.39, 0.29) is 17.4 Å². The number of hydrogen-bond acceptors (Lipinski definition) is 2. The smallest absolute Gasteiger partial charge is 0.222 e. The molecule has 0 spiro atoms. The number of nitrogens with one attached hydrogen (secondary N) is 2. The van der Waals surface area contributed by atoms with Crippen molar-refractivity contribution in [1.29, 1.82) is 0 Å². The second kappa shape index (κ2) is 8.34. The van der Waals surface area contributed by atoms with Crippen LogP contribution in [0.3, 0.4) is 0 Å². The van der Waals surface area contributed by atoms with E-state index in [4.69, 9.17) is 11.6 Å². The van der Waals surface area contributed by atoms with Gasteiger partial charge in [-0.15, -0.1) is 11.6 Å². The van der Waals surface area contributed by atoms with Gasteiger partial charge in [0.1, 0.15) is 0 Å². The Morgan fingerprint density at radius 3 is 2.24 bits per heavy atom. The molecule has 0 saturated carbocycles. The van der Waals surface area contributed by atoms with E-state index in [2.05, 4.69) is 10.6 Å². The highest BCUT2D eigenvalue weighted by Gasteiger charge is 2.13. The number of carbonyl (C=O) groups is 2. The first-order valence-electron chi connectivity index (χ1n) is 5.99. The van der Waals surface area contributed by atoms with Gasteiger partial charge in [-0.3, -0.25) is 9.59 Å². The molecule has 0 aromatic heterocycles. The fourth-order valence-electron chi connectivity index (χ4n) is 1.26. The number of amides is 2. The van der Waals surface area contributed by atoms with Crippen LogP contribution in [0, 0.1) is 0 Å². The molecule has 5 heteroatoms. The summed E-state index contributed by atoms with van der Waals surface area (Å²) in [5.41, 5.74) is -0.221. The molecule has 0 aromatic carbocycles. The number of rotatable bonds is 7. The topological polar surface area (TPSA) is 58.2 Å². The average molecular weight is 263 g/mol. The molecule has 0 radical (unpaired) electrons. The van der Waals surface area contributed by atoms with Crippen LogP contribution in [0.5, 0.6) is 0 Å². The zero-order valence-electron chi connectivity index (χ0n) is 10.9. The van der Waals surface area contributed by atoms with Crippen LogP contribution in [-0.4, -0.2) is 29.8 Å². The zero-order valence-corrected chi connectivity index (χ0v) is 11.7. The molecular weight excluding hydrogens is 240 g/mol. The molecule has 2 amide bonds. The molecule has 17 heavy (non-hydrogen) atoms. The highest BCUT2D eigenvalue weighted by molar-refractivity contribution is 6.17. The average Bonchev–Trinajstić information content (AvgIpc) is 2.15. The summed E-state index contributed by atoms with van der Waals surface area (Å²) in [6.45, 7) is 6.17. The third-order valence-electron chi connectivity index (χ3n) is 1.98. The lowest BCUT2D eigenvalue weighted by atomic mass is 10.1. The highest BCUT2D eigenvalue weighted by atomic mass is 35.5. The molecule has 2 N–H and O–H groups in total. The van der Waals surface area contributed by atoms with Gasteiger partial charge in [0.2, 0.25) is 11.8 Å². The fourth-order valence-corrected chi connectivity index (χ4v) is 1.45. The van der Waals surface area contributed by atoms with Gasteiger partial charge in [-0.25, -0.2) is 0 Å². The van der Waals surface area contributed by atoms with Crippen molar-refractivity contribution in [3.05, 3.63) is 0 Å². The quantitative estimate of drug-likeness (QED) is 0.543. The summed E-state index contributed by atoms with van der Waals surface area (Å²) in [5, 5.41) is 5.55. The Morgan fingerprint density at radius 2 is 1.71 bits per heavy atom. The lowest BCUT2D eigenvalue weighted by Crippen LogP contribution is -2.41. The summed E-state index contributed by atoms with van der Waals surface area (Å²) in [6, 6.07) is 0. The molecule has 0 unspecified atom stereocenters. The maximum atomic E-state index is 11.4. The van der Waals surface area contributed by atoms with Crippen LogP contribution >= 0.6 is 11.6 Å². The molecule has 0 saturated heterocycles. The van der Waals surface area contributed by atoms with Crippen molar-refractivity contribution >= 4 is 23.4 Å². The van der Waals surface area contributed by atoms with E-state index < -0.39 is 0 Å². The third-order valence-corrected chi connectivity index (χ3v) is 2.24. The lowest BCUT2D eigenvalue weighted by molar-refractivity contribution is -0.123. The van der Waals surface area contributed by atoms with Gasteiger partial charge >= 0.3 is 0 Å². The summed E-state index contributed by atoms with van der Waals surface area (Å²) in [4.78, 5) is 22.7. The minimum Gasteiger partial charge on any atom is -0.356 e. The van der Waals surface area contributed by atoms with Crippen LogP contribution in [-0.2, 0) is 9.59 Å². The Balaban J connectivity index is 3.56. The van der Waals surface area contributed by atoms with E-state index in [1.165, 1.54) is 0 Å². The van der Waals surface area contributed by atoms with Crippen molar-refractivity contribution in [2.75, 3.05) is 12.4 Å². The second-order valence-corrected chi connectivity index (χ2v) is 5.42. The second-order valence-electron chi connectivity index (χ2n) is 5.04. The molecule has 0 heterocycles. The van der Waals surface area contributed by atoms with Gasteiger partial charge in [0.05, 0.1) is 0 Å². The highest BCUT2D eigenvalue weighted by Crippen LogP contribution is 1.99. The maximum absolute atomic E-state index is 11.4. The Hall–Kier alpha value is -0.770. The van der Waals surface area contributed by atoms with Gasteiger partial charge in [0.15, 0.2) is 0 Å². The Kier molecular flexibility index (Phi) is 7.96. The maximum Gasteiger partial charge on any atom is 0.222 e. The van der Waals surface area contributed by atoms with Crippen molar-refractivity contribution in [3.63, 3.8) is 0 Å². The molecule has 0 aliphatic heterocycles. The minimum atomic E-state index is -0.221. The Labute approximate surface area is 108 Å². The molecule has 0 aliphatic carbocycles. The van der Waals surface area contributed by atoms with Gasteiger partial charge in [-0.2, -0.15) is 0 Å². The van der Waals surface area contributed by atoms with Gasteiger partial charge in [-0.1, -0.05) is 0 Å². The van der Waals surface area contributed by atoms with Crippen molar-refractivity contribution < 1.29 is 9.59 Å². The summed E-state index contributed by atoms with van der Waals surface area (Å²) in [7, 11) is 0. The zero-order chi connectivity index (χ0) is 13.3. The third kappa shape index (κ3) is 11.5. The molecule has 4 nitrogen and oxygen atoms in total. The number of unbranched alkanes of at least 4 members (excludes halogenated alkanes) is 1. The van der Waals surface area contributed by atoms with Gasteiger partial charge in [0, 0.05) is 30.8 Å². The number of hydrogen-bond donors (Lipinski definition) is 2. The first kappa shape index (κ1) is 16.2. The van der Waals surface area contributed by atoms with E-state index in [0.29, 0.717) is 25.3 Å². The summed E-state index contributed by atoms with van der Waals surface area (Å²) in [6.07, 6.45) is 2.44. The molecule has 0 aromatic rings. The largest absolute Gasteiger partial charge is 0.356 e. The van der Waals surface area contributed by atoms with Crippen LogP contribution in [0.25, 0.3) is 0 Å². The molecule has 0 rings (SSSR count). The summed E-state index contributed by atoms with van der Waals surface area (Å²) in [5.74, 6) is 0.526. The molecule has 100 valence electrons. The summed E-state index contributed by atoms with van der Waals surface area (Å²) < 4.78 is 0. The van der Waals surface area contributed by atoms with Crippen LogP contribution in [0.2, 0.25) is 0 Å². The molecule has 0 aliphatic rings. The molecular formula is C12H23ClN2O2. The lowest BCUT2D eigenvalue weighted by Gasteiger charge is -2.20. The normalized spacial score (nSPS) is 11.1. The Morgan fingerprint density at radius 1 is 1.06 bits per heavy atom. The molecule has 0 fully saturated rings. The van der Waals surface area contributed by atoms with Crippen molar-refractivity contribution in [3.8, 4) is 0 Å². The SMILES string of the molecule is CC(C)(C)NC(=O)CCNC(=O)CCCCCl. The standard InChI is InChI=1S/C12H23ClN2O2/c1-12(2,3)15-11(17)7-9-14-10(16)6-4-5-8-13/h4-9H2,1-3H3,(H,14,16)(H,15,17). The van der Waals surface area contributed by atoms with Gasteiger partial charge < -0.3 is 10.6 Å². The van der Waals surface area contributed by atoms with Crippen LogP contribution in [0.1, 0.15) is 46.5 Å².